The summed E-state index contributed by atoms with van der Waals surface area (Å²) < 4.78 is 27.2. The van der Waals surface area contributed by atoms with Gasteiger partial charge in [-0.2, -0.15) is 0 Å². The third kappa shape index (κ3) is 2.44. The number of carbonyl (C=O) groups is 1. The topological polar surface area (TPSA) is 73.8 Å². The normalized spacial score (nSPS) is 10.5. The minimum atomic E-state index is -0.761. The second-order valence-corrected chi connectivity index (χ2v) is 3.37. The first-order valence-electron chi connectivity index (χ1n) is 4.69. The molecule has 2 aromatic rings. The maximum atomic E-state index is 13.3. The third-order valence-electron chi connectivity index (χ3n) is 2.10. The van der Waals surface area contributed by atoms with E-state index in [4.69, 9.17) is 5.73 Å². The lowest BCUT2D eigenvalue weighted by Gasteiger charge is -2.02. The smallest absolute Gasteiger partial charge is 0.288 e. The minimum Gasteiger partial charge on any atom is -0.363 e. The van der Waals surface area contributed by atoms with E-state index in [9.17, 15) is 13.6 Å². The molecule has 1 aromatic carbocycles. The van der Waals surface area contributed by atoms with Crippen LogP contribution in [0.1, 0.15) is 16.2 Å². The fourth-order valence-electron chi connectivity index (χ4n) is 1.31. The first-order valence-corrected chi connectivity index (χ1v) is 4.69. The summed E-state index contributed by atoms with van der Waals surface area (Å²) in [6.07, 6.45) is 1.25. The summed E-state index contributed by atoms with van der Waals surface area (Å²) in [5.74, 6) is -2.24. The van der Waals surface area contributed by atoms with Crippen molar-refractivity contribution in [2.45, 2.75) is 6.54 Å². The number of halogens is 2. The van der Waals surface area contributed by atoms with Gasteiger partial charge >= 0.3 is 0 Å². The summed E-state index contributed by atoms with van der Waals surface area (Å²) in [6.45, 7) is 0.0480. The van der Waals surface area contributed by atoms with Crippen molar-refractivity contribution >= 4 is 5.91 Å². The van der Waals surface area contributed by atoms with E-state index < -0.39 is 17.5 Å². The molecule has 7 heteroatoms. The van der Waals surface area contributed by atoms with Crippen molar-refractivity contribution in [1.29, 1.82) is 0 Å². The highest BCUT2D eigenvalue weighted by Crippen LogP contribution is 2.10. The van der Waals surface area contributed by atoms with E-state index in [1.165, 1.54) is 17.1 Å². The Labute approximate surface area is 94.9 Å². The Morgan fingerprint density at radius 2 is 2.18 bits per heavy atom. The Balaban J connectivity index is 2.22. The highest BCUT2D eigenvalue weighted by atomic mass is 19.1. The van der Waals surface area contributed by atoms with Crippen molar-refractivity contribution in [3.8, 4) is 0 Å². The molecule has 0 saturated carbocycles. The lowest BCUT2D eigenvalue weighted by molar-refractivity contribution is 0.0990. The van der Waals surface area contributed by atoms with E-state index in [0.29, 0.717) is 0 Å². The summed E-state index contributed by atoms with van der Waals surface area (Å²) in [5, 5.41) is 3.74. The lowest BCUT2D eigenvalue weighted by Crippen LogP contribution is -2.14. The fourth-order valence-corrected chi connectivity index (χ4v) is 1.31. The highest BCUT2D eigenvalue weighted by molar-refractivity contribution is 5.88. The Morgan fingerprint density at radius 3 is 2.76 bits per heavy atom. The van der Waals surface area contributed by atoms with Crippen molar-refractivity contribution in [2.24, 2.45) is 5.73 Å². The van der Waals surface area contributed by atoms with Gasteiger partial charge in [-0.05, 0) is 6.07 Å². The Bertz CT molecular complexity index is 567. The van der Waals surface area contributed by atoms with Gasteiger partial charge in [-0.25, -0.2) is 18.4 Å². The van der Waals surface area contributed by atoms with Crippen LogP contribution in [0, 0.1) is 11.6 Å². The van der Waals surface area contributed by atoms with Crippen molar-refractivity contribution in [2.75, 3.05) is 0 Å². The van der Waals surface area contributed by atoms with Crippen LogP contribution in [0.5, 0.6) is 0 Å². The van der Waals surface area contributed by atoms with Crippen molar-refractivity contribution in [1.82, 2.24) is 14.8 Å². The molecule has 2 rings (SSSR count). The molecule has 0 atom stereocenters. The number of amides is 1. The average molecular weight is 238 g/mol. The largest absolute Gasteiger partial charge is 0.363 e. The number of benzene rings is 1. The van der Waals surface area contributed by atoms with Gasteiger partial charge in [-0.15, -0.1) is 5.10 Å². The Morgan fingerprint density at radius 1 is 1.41 bits per heavy atom. The van der Waals surface area contributed by atoms with E-state index in [-0.39, 0.29) is 17.9 Å². The van der Waals surface area contributed by atoms with Crippen LogP contribution in [-0.4, -0.2) is 20.7 Å². The number of rotatable bonds is 3. The summed E-state index contributed by atoms with van der Waals surface area (Å²) >= 11 is 0. The fraction of sp³-hybridized carbons (Fsp3) is 0.100. The molecule has 17 heavy (non-hydrogen) atoms. The number of nitrogens with two attached hydrogens (primary N) is 1. The van der Waals surface area contributed by atoms with Crippen LogP contribution in [-0.2, 0) is 6.54 Å². The van der Waals surface area contributed by atoms with Gasteiger partial charge in [0, 0.05) is 11.6 Å². The second-order valence-electron chi connectivity index (χ2n) is 3.37. The van der Waals surface area contributed by atoms with Gasteiger partial charge in [-0.3, -0.25) is 4.79 Å². The number of hydrogen-bond acceptors (Lipinski definition) is 3. The van der Waals surface area contributed by atoms with Crippen LogP contribution < -0.4 is 5.73 Å². The molecule has 0 saturated heterocycles. The van der Waals surface area contributed by atoms with Crippen molar-refractivity contribution < 1.29 is 13.6 Å². The molecular formula is C10H8F2N4O. The van der Waals surface area contributed by atoms with E-state index in [2.05, 4.69) is 10.1 Å². The maximum Gasteiger partial charge on any atom is 0.288 e. The molecule has 1 aromatic heterocycles. The van der Waals surface area contributed by atoms with Gasteiger partial charge in [0.1, 0.15) is 18.0 Å². The monoisotopic (exact) mass is 238 g/mol. The number of nitrogens with zero attached hydrogens (tertiary/aromatic N) is 3. The molecule has 0 unspecified atom stereocenters. The lowest BCUT2D eigenvalue weighted by atomic mass is 10.2. The van der Waals surface area contributed by atoms with Crippen molar-refractivity contribution in [3.05, 3.63) is 47.5 Å². The van der Waals surface area contributed by atoms with Gasteiger partial charge in [-0.1, -0.05) is 6.07 Å². The van der Waals surface area contributed by atoms with Crippen molar-refractivity contribution in [3.63, 3.8) is 0 Å². The molecule has 0 radical (unpaired) electrons. The third-order valence-corrected chi connectivity index (χ3v) is 2.10. The van der Waals surface area contributed by atoms with Crippen LogP contribution in [0.25, 0.3) is 0 Å². The van der Waals surface area contributed by atoms with E-state index in [1.54, 1.807) is 0 Å². The first kappa shape index (κ1) is 11.2. The zero-order chi connectivity index (χ0) is 12.4. The molecule has 88 valence electrons. The number of aromatic nitrogens is 3. The van der Waals surface area contributed by atoms with Gasteiger partial charge < -0.3 is 5.73 Å². The van der Waals surface area contributed by atoms with Crippen LogP contribution in [0.4, 0.5) is 8.78 Å². The molecular weight excluding hydrogens is 230 g/mol. The Hall–Kier alpha value is -2.31. The number of primary amides is 1. The average Bonchev–Trinajstić information content (AvgIpc) is 2.71. The maximum absolute atomic E-state index is 13.3. The number of hydrogen-bond donors (Lipinski definition) is 1. The molecule has 0 bridgehead atoms. The number of carbonyl (C=O) groups excluding carboxylic acids is 1. The molecule has 1 amide bonds. The zero-order valence-electron chi connectivity index (χ0n) is 8.60. The van der Waals surface area contributed by atoms with E-state index >= 15 is 0 Å². The highest BCUT2D eigenvalue weighted by Gasteiger charge is 2.09. The van der Waals surface area contributed by atoms with Crippen LogP contribution >= 0.6 is 0 Å². The molecule has 1 heterocycles. The predicted octanol–water partition coefficient (Wildman–Crippen LogP) is 0.703. The molecule has 5 nitrogen and oxygen atoms in total. The van der Waals surface area contributed by atoms with E-state index in [0.717, 1.165) is 12.1 Å². The summed E-state index contributed by atoms with van der Waals surface area (Å²) in [6, 6.07) is 3.22. The summed E-state index contributed by atoms with van der Waals surface area (Å²) in [4.78, 5) is 14.4. The van der Waals surface area contributed by atoms with Crippen LogP contribution in [0.2, 0.25) is 0 Å². The molecule has 0 aliphatic carbocycles. The quantitative estimate of drug-likeness (QED) is 0.855. The van der Waals surface area contributed by atoms with Gasteiger partial charge in [0.25, 0.3) is 5.91 Å². The van der Waals surface area contributed by atoms with Gasteiger partial charge in [0.15, 0.2) is 0 Å². The SMILES string of the molecule is NC(=O)c1ncn(Cc2ccc(F)cc2F)n1. The first-order chi connectivity index (χ1) is 8.06. The standard InChI is InChI=1S/C10H8F2N4O/c11-7-2-1-6(8(12)3-7)4-16-5-14-10(15-16)9(13)17/h1-3,5H,4H2,(H2,13,17). The van der Waals surface area contributed by atoms with Crippen LogP contribution in [0.3, 0.4) is 0 Å². The molecule has 0 aliphatic rings. The van der Waals surface area contributed by atoms with E-state index in [1.807, 2.05) is 0 Å². The molecule has 0 spiro atoms. The summed E-state index contributed by atoms with van der Waals surface area (Å²) in [5.41, 5.74) is 5.21. The molecule has 2 N–H and O–H groups in total. The predicted molar refractivity (Wildman–Crippen MR) is 54.0 cm³/mol. The summed E-state index contributed by atoms with van der Waals surface area (Å²) in [7, 11) is 0. The minimum absolute atomic E-state index is 0.0480. The second kappa shape index (κ2) is 4.28. The molecule has 0 fully saturated rings. The zero-order valence-corrected chi connectivity index (χ0v) is 8.60. The van der Waals surface area contributed by atoms with Gasteiger partial charge in [0.2, 0.25) is 5.82 Å². The van der Waals surface area contributed by atoms with Crippen LogP contribution in [0.15, 0.2) is 24.5 Å². The van der Waals surface area contributed by atoms with Gasteiger partial charge in [0.05, 0.1) is 6.54 Å². The Kier molecular flexibility index (Phi) is 2.82. The molecule has 0 aliphatic heterocycles.